The van der Waals surface area contributed by atoms with E-state index in [0.717, 1.165) is 11.3 Å². The van der Waals surface area contributed by atoms with E-state index in [1.165, 1.54) is 24.3 Å². The van der Waals surface area contributed by atoms with Crippen molar-refractivity contribution in [2.24, 2.45) is 12.8 Å². The molecule has 0 radical (unpaired) electrons. The number of nitrogens with zero attached hydrogens (tertiary/aromatic N) is 2. The Morgan fingerprint density at radius 1 is 1.27 bits per heavy atom. The SMILES string of the molecule is Cn1cncc1-c1ccc(NC(=O)C(N)=Cc2cc(O)ccc2Cl)cc1. The first-order chi connectivity index (χ1) is 12.4. The summed E-state index contributed by atoms with van der Waals surface area (Å²) in [5.41, 5.74) is 8.85. The average Bonchev–Trinajstić information content (AvgIpc) is 3.04. The van der Waals surface area contributed by atoms with Gasteiger partial charge in [0.15, 0.2) is 0 Å². The van der Waals surface area contributed by atoms with Crippen LogP contribution >= 0.6 is 11.6 Å². The highest BCUT2D eigenvalue weighted by atomic mass is 35.5. The molecule has 0 saturated heterocycles. The summed E-state index contributed by atoms with van der Waals surface area (Å²) in [6.07, 6.45) is 4.91. The predicted octanol–water partition coefficient (Wildman–Crippen LogP) is 3.38. The Morgan fingerprint density at radius 3 is 2.65 bits per heavy atom. The van der Waals surface area contributed by atoms with Crippen molar-refractivity contribution in [2.45, 2.75) is 0 Å². The second-order valence-electron chi connectivity index (χ2n) is 5.73. The quantitative estimate of drug-likeness (QED) is 0.615. The zero-order valence-corrected chi connectivity index (χ0v) is 14.7. The molecular formula is C19H17ClN4O2. The van der Waals surface area contributed by atoms with Gasteiger partial charge in [0.05, 0.1) is 23.9 Å². The number of hydrogen-bond donors (Lipinski definition) is 3. The Morgan fingerprint density at radius 2 is 2.00 bits per heavy atom. The van der Waals surface area contributed by atoms with Crippen LogP contribution in [-0.2, 0) is 11.8 Å². The van der Waals surface area contributed by atoms with Gasteiger partial charge in [-0.3, -0.25) is 4.79 Å². The molecule has 0 aliphatic carbocycles. The lowest BCUT2D eigenvalue weighted by atomic mass is 10.1. The molecule has 0 fully saturated rings. The number of halogens is 1. The minimum absolute atomic E-state index is 0.0202. The van der Waals surface area contributed by atoms with Crippen molar-refractivity contribution in [1.29, 1.82) is 0 Å². The second kappa shape index (κ2) is 7.33. The number of carbonyl (C=O) groups excluding carboxylic acids is 1. The molecule has 7 heteroatoms. The van der Waals surface area contributed by atoms with Gasteiger partial charge in [-0.25, -0.2) is 4.98 Å². The summed E-state index contributed by atoms with van der Waals surface area (Å²) >= 11 is 6.03. The molecule has 0 saturated carbocycles. The van der Waals surface area contributed by atoms with Crippen LogP contribution in [-0.4, -0.2) is 20.6 Å². The van der Waals surface area contributed by atoms with Gasteiger partial charge in [-0.1, -0.05) is 23.7 Å². The molecule has 1 heterocycles. The van der Waals surface area contributed by atoms with Gasteiger partial charge >= 0.3 is 0 Å². The molecule has 2 aromatic carbocycles. The third-order valence-electron chi connectivity index (χ3n) is 3.81. The van der Waals surface area contributed by atoms with Crippen LogP contribution in [0.1, 0.15) is 5.56 Å². The van der Waals surface area contributed by atoms with Gasteiger partial charge < -0.3 is 20.7 Å². The van der Waals surface area contributed by atoms with Gasteiger partial charge in [-0.2, -0.15) is 0 Å². The van der Waals surface area contributed by atoms with Crippen molar-refractivity contribution >= 4 is 29.3 Å². The van der Waals surface area contributed by atoms with Gasteiger partial charge in [0, 0.05) is 17.8 Å². The molecule has 0 aliphatic rings. The maximum atomic E-state index is 12.3. The Hall–Kier alpha value is -3.25. The number of rotatable bonds is 4. The molecule has 3 aromatic rings. The molecule has 26 heavy (non-hydrogen) atoms. The van der Waals surface area contributed by atoms with E-state index in [1.807, 2.05) is 23.7 Å². The van der Waals surface area contributed by atoms with Crippen molar-refractivity contribution in [3.63, 3.8) is 0 Å². The molecule has 0 spiro atoms. The van der Waals surface area contributed by atoms with Crippen molar-refractivity contribution < 1.29 is 9.90 Å². The number of aromatic nitrogens is 2. The number of anilines is 1. The predicted molar refractivity (Wildman–Crippen MR) is 103 cm³/mol. The van der Waals surface area contributed by atoms with Gasteiger partial charge in [0.2, 0.25) is 0 Å². The molecule has 3 rings (SSSR count). The summed E-state index contributed by atoms with van der Waals surface area (Å²) < 4.78 is 1.91. The smallest absolute Gasteiger partial charge is 0.271 e. The Labute approximate surface area is 155 Å². The minimum atomic E-state index is -0.460. The zero-order valence-electron chi connectivity index (χ0n) is 14.0. The van der Waals surface area contributed by atoms with Crippen LogP contribution in [0.2, 0.25) is 5.02 Å². The van der Waals surface area contributed by atoms with E-state index in [2.05, 4.69) is 10.3 Å². The van der Waals surface area contributed by atoms with Crippen LogP contribution in [0.25, 0.3) is 17.3 Å². The summed E-state index contributed by atoms with van der Waals surface area (Å²) in [4.78, 5) is 16.3. The standard InChI is InChI=1S/C19H17ClN4O2/c1-24-11-22-10-18(24)12-2-4-14(5-3-12)23-19(26)17(21)9-13-8-15(25)6-7-16(13)20/h2-11,25H,21H2,1H3,(H,23,26). The summed E-state index contributed by atoms with van der Waals surface area (Å²) in [5.74, 6) is -0.419. The van der Waals surface area contributed by atoms with Crippen LogP contribution in [0.4, 0.5) is 5.69 Å². The lowest BCUT2D eigenvalue weighted by Gasteiger charge is -2.08. The van der Waals surface area contributed by atoms with E-state index >= 15 is 0 Å². The minimum Gasteiger partial charge on any atom is -0.508 e. The van der Waals surface area contributed by atoms with Gasteiger partial charge in [0.1, 0.15) is 5.75 Å². The molecule has 0 atom stereocenters. The Bertz CT molecular complexity index is 977. The van der Waals surface area contributed by atoms with E-state index in [0.29, 0.717) is 16.3 Å². The number of hydrogen-bond acceptors (Lipinski definition) is 4. The highest BCUT2D eigenvalue weighted by molar-refractivity contribution is 6.32. The summed E-state index contributed by atoms with van der Waals surface area (Å²) in [6, 6.07) is 11.8. The van der Waals surface area contributed by atoms with Gasteiger partial charge in [-0.15, -0.1) is 0 Å². The number of imidazole rings is 1. The maximum Gasteiger partial charge on any atom is 0.271 e. The van der Waals surface area contributed by atoms with E-state index in [9.17, 15) is 9.90 Å². The number of nitrogens with two attached hydrogens (primary N) is 1. The number of aryl methyl sites for hydroxylation is 1. The molecule has 0 unspecified atom stereocenters. The highest BCUT2D eigenvalue weighted by Crippen LogP contribution is 2.24. The van der Waals surface area contributed by atoms with Gasteiger partial charge in [0.25, 0.3) is 5.91 Å². The fourth-order valence-corrected chi connectivity index (χ4v) is 2.61. The molecule has 6 nitrogen and oxygen atoms in total. The number of nitrogens with one attached hydrogen (secondary N) is 1. The molecule has 4 N–H and O–H groups in total. The number of benzene rings is 2. The number of phenolic OH excluding ortho intramolecular Hbond substituents is 1. The number of aromatic hydroxyl groups is 1. The second-order valence-corrected chi connectivity index (χ2v) is 6.13. The number of phenols is 1. The molecular weight excluding hydrogens is 352 g/mol. The molecule has 0 bridgehead atoms. The zero-order chi connectivity index (χ0) is 18.7. The third kappa shape index (κ3) is 3.87. The molecule has 1 amide bonds. The van der Waals surface area contributed by atoms with Crippen LogP contribution in [0.5, 0.6) is 5.75 Å². The first kappa shape index (κ1) is 17.6. The topological polar surface area (TPSA) is 93.2 Å². The van der Waals surface area contributed by atoms with E-state index in [4.69, 9.17) is 17.3 Å². The lowest BCUT2D eigenvalue weighted by Crippen LogP contribution is -2.19. The van der Waals surface area contributed by atoms with Crippen LogP contribution < -0.4 is 11.1 Å². The Balaban J connectivity index is 1.74. The van der Waals surface area contributed by atoms with Crippen LogP contribution in [0.15, 0.2) is 60.7 Å². The molecule has 132 valence electrons. The molecule has 0 aliphatic heterocycles. The normalized spacial score (nSPS) is 11.4. The lowest BCUT2D eigenvalue weighted by molar-refractivity contribution is -0.112. The first-order valence-electron chi connectivity index (χ1n) is 7.78. The summed E-state index contributed by atoms with van der Waals surface area (Å²) in [6.45, 7) is 0. The van der Waals surface area contributed by atoms with Crippen molar-refractivity contribution in [2.75, 3.05) is 5.32 Å². The fourth-order valence-electron chi connectivity index (χ4n) is 2.44. The van der Waals surface area contributed by atoms with Crippen molar-refractivity contribution in [3.8, 4) is 17.0 Å². The van der Waals surface area contributed by atoms with E-state index < -0.39 is 5.91 Å². The third-order valence-corrected chi connectivity index (χ3v) is 4.15. The van der Waals surface area contributed by atoms with E-state index in [1.54, 1.807) is 24.7 Å². The maximum absolute atomic E-state index is 12.3. The van der Waals surface area contributed by atoms with Crippen molar-refractivity contribution in [3.05, 3.63) is 71.3 Å². The average molecular weight is 369 g/mol. The van der Waals surface area contributed by atoms with E-state index in [-0.39, 0.29) is 11.4 Å². The first-order valence-corrected chi connectivity index (χ1v) is 8.15. The summed E-state index contributed by atoms with van der Waals surface area (Å²) in [5, 5.41) is 12.6. The number of amides is 1. The fraction of sp³-hybridized carbons (Fsp3) is 0.0526. The van der Waals surface area contributed by atoms with Gasteiger partial charge in [-0.05, 0) is 47.5 Å². The molecule has 1 aromatic heterocycles. The van der Waals surface area contributed by atoms with Crippen molar-refractivity contribution in [1.82, 2.24) is 9.55 Å². The van der Waals surface area contributed by atoms with Crippen LogP contribution in [0, 0.1) is 0 Å². The highest BCUT2D eigenvalue weighted by Gasteiger charge is 2.09. The monoisotopic (exact) mass is 368 g/mol. The Kier molecular flexibility index (Phi) is 4.95. The summed E-state index contributed by atoms with van der Waals surface area (Å²) in [7, 11) is 1.91. The van der Waals surface area contributed by atoms with Crippen LogP contribution in [0.3, 0.4) is 0 Å². The number of carbonyl (C=O) groups is 1. The largest absolute Gasteiger partial charge is 0.508 e.